The summed E-state index contributed by atoms with van der Waals surface area (Å²) in [6, 6.07) is 4.07. The van der Waals surface area contributed by atoms with Crippen LogP contribution in [-0.4, -0.2) is 47.3 Å². The molecule has 2 rings (SSSR count). The lowest BCUT2D eigenvalue weighted by Gasteiger charge is -2.28. The molecule has 1 heterocycles. The second-order valence-electron chi connectivity index (χ2n) is 4.96. The van der Waals surface area contributed by atoms with Crippen LogP contribution < -0.4 is 5.32 Å². The second kappa shape index (κ2) is 7.24. The van der Waals surface area contributed by atoms with Gasteiger partial charge >= 0.3 is 0 Å². The first kappa shape index (κ1) is 15.5. The van der Waals surface area contributed by atoms with Crippen molar-refractivity contribution >= 4 is 10.8 Å². The lowest BCUT2D eigenvalue weighted by molar-refractivity contribution is 0.279. The van der Waals surface area contributed by atoms with Crippen LogP contribution in [-0.2, 0) is 10.8 Å². The third-order valence-electron chi connectivity index (χ3n) is 3.71. The molecule has 1 aromatic carbocycles. The van der Waals surface area contributed by atoms with Crippen molar-refractivity contribution in [3.05, 3.63) is 35.4 Å². The van der Waals surface area contributed by atoms with E-state index in [4.69, 9.17) is 0 Å². The summed E-state index contributed by atoms with van der Waals surface area (Å²) in [7, 11) is 1.06. The van der Waals surface area contributed by atoms with Crippen LogP contribution in [0.2, 0.25) is 0 Å². The van der Waals surface area contributed by atoms with E-state index in [9.17, 15) is 13.0 Å². The number of hydrogen-bond acceptors (Lipinski definition) is 3. The maximum absolute atomic E-state index is 13.8. The molecule has 1 fully saturated rings. The molecule has 1 N–H and O–H groups in total. The molecule has 6 heteroatoms. The molecule has 0 radical (unpaired) electrons. The Balaban J connectivity index is 1.95. The number of hydrogen-bond donors (Lipinski definition) is 1. The molecule has 0 aliphatic carbocycles. The van der Waals surface area contributed by atoms with Gasteiger partial charge in [-0.05, 0) is 19.5 Å². The third kappa shape index (κ3) is 3.84. The van der Waals surface area contributed by atoms with Crippen molar-refractivity contribution in [2.24, 2.45) is 0 Å². The monoisotopic (exact) mass is 302 g/mol. The molecule has 1 aromatic rings. The molecular formula is C14H20F2N2OS. The zero-order valence-electron chi connectivity index (χ0n) is 11.6. The Hall–Kier alpha value is -0.850. The highest BCUT2D eigenvalue weighted by Crippen LogP contribution is 2.22. The van der Waals surface area contributed by atoms with Crippen molar-refractivity contribution in [2.75, 3.05) is 38.2 Å². The largest absolute Gasteiger partial charge is 0.313 e. The molecule has 0 saturated carbocycles. The normalized spacial score (nSPS) is 19.1. The Morgan fingerprint density at radius 1 is 1.35 bits per heavy atom. The standard InChI is InChI=1S/C14H20F2N2OS/c1-17-13(11-3-2-4-12(15)14(11)16)5-6-18-7-9-20(19)10-8-18/h2-4,13,17H,5-10H2,1H3. The summed E-state index contributed by atoms with van der Waals surface area (Å²) >= 11 is 0. The molecule has 1 saturated heterocycles. The van der Waals surface area contributed by atoms with Gasteiger partial charge in [-0.3, -0.25) is 4.21 Å². The molecule has 0 aromatic heterocycles. The van der Waals surface area contributed by atoms with Gasteiger partial charge < -0.3 is 10.2 Å². The first-order valence-corrected chi connectivity index (χ1v) is 8.29. The summed E-state index contributed by atoms with van der Waals surface area (Å²) < 4.78 is 38.3. The number of halogens is 2. The zero-order valence-corrected chi connectivity index (χ0v) is 12.4. The predicted molar refractivity (Wildman–Crippen MR) is 77.1 cm³/mol. The van der Waals surface area contributed by atoms with Crippen molar-refractivity contribution < 1.29 is 13.0 Å². The Bertz CT molecular complexity index is 474. The van der Waals surface area contributed by atoms with E-state index in [1.165, 1.54) is 6.07 Å². The third-order valence-corrected chi connectivity index (χ3v) is 4.99. The fourth-order valence-corrected chi connectivity index (χ4v) is 3.58. The fourth-order valence-electron chi connectivity index (χ4n) is 2.46. The van der Waals surface area contributed by atoms with Gasteiger partial charge in [0.05, 0.1) is 0 Å². The van der Waals surface area contributed by atoms with Gasteiger partial charge in [0.2, 0.25) is 0 Å². The molecule has 1 aliphatic heterocycles. The average Bonchev–Trinajstić information content (AvgIpc) is 2.45. The van der Waals surface area contributed by atoms with Gasteiger partial charge in [0.25, 0.3) is 0 Å². The van der Waals surface area contributed by atoms with Gasteiger partial charge in [-0.15, -0.1) is 0 Å². The quantitative estimate of drug-likeness (QED) is 0.898. The van der Waals surface area contributed by atoms with E-state index in [0.29, 0.717) is 23.5 Å². The summed E-state index contributed by atoms with van der Waals surface area (Å²) in [5, 5.41) is 3.04. The molecule has 0 amide bonds. The molecule has 112 valence electrons. The summed E-state index contributed by atoms with van der Waals surface area (Å²) in [6.07, 6.45) is 0.698. The molecule has 0 bridgehead atoms. The summed E-state index contributed by atoms with van der Waals surface area (Å²) in [5.41, 5.74) is 0.369. The molecule has 1 aliphatic rings. The van der Waals surface area contributed by atoms with E-state index in [0.717, 1.165) is 25.7 Å². The summed E-state index contributed by atoms with van der Waals surface area (Å²) in [5.74, 6) is -0.167. The number of nitrogens with one attached hydrogen (secondary N) is 1. The topological polar surface area (TPSA) is 32.3 Å². The Morgan fingerprint density at radius 3 is 2.70 bits per heavy atom. The van der Waals surface area contributed by atoms with Crippen LogP contribution in [0.4, 0.5) is 8.78 Å². The second-order valence-corrected chi connectivity index (χ2v) is 6.66. The van der Waals surface area contributed by atoms with E-state index in [-0.39, 0.29) is 6.04 Å². The summed E-state index contributed by atoms with van der Waals surface area (Å²) in [4.78, 5) is 2.23. The Morgan fingerprint density at radius 2 is 2.05 bits per heavy atom. The highest BCUT2D eigenvalue weighted by atomic mass is 32.2. The van der Waals surface area contributed by atoms with Crippen LogP contribution in [0.1, 0.15) is 18.0 Å². The SMILES string of the molecule is CNC(CCN1CCS(=O)CC1)c1cccc(F)c1F. The average molecular weight is 302 g/mol. The van der Waals surface area contributed by atoms with E-state index < -0.39 is 22.4 Å². The van der Waals surface area contributed by atoms with Crippen LogP contribution in [0.15, 0.2) is 18.2 Å². The number of nitrogens with zero attached hydrogens (tertiary/aromatic N) is 1. The first-order valence-electron chi connectivity index (χ1n) is 6.80. The predicted octanol–water partition coefficient (Wildman–Crippen LogP) is 1.68. The first-order chi connectivity index (χ1) is 9.61. The van der Waals surface area contributed by atoms with Gasteiger partial charge in [-0.2, -0.15) is 0 Å². The van der Waals surface area contributed by atoms with Crippen molar-refractivity contribution in [2.45, 2.75) is 12.5 Å². The smallest absolute Gasteiger partial charge is 0.163 e. The minimum Gasteiger partial charge on any atom is -0.313 e. The zero-order chi connectivity index (χ0) is 14.5. The lowest BCUT2D eigenvalue weighted by Crippen LogP contribution is -2.39. The molecule has 1 atom stereocenters. The highest BCUT2D eigenvalue weighted by molar-refractivity contribution is 7.85. The molecule has 3 nitrogen and oxygen atoms in total. The van der Waals surface area contributed by atoms with Crippen LogP contribution in [0.25, 0.3) is 0 Å². The van der Waals surface area contributed by atoms with Gasteiger partial charge in [-0.1, -0.05) is 12.1 Å². The summed E-state index contributed by atoms with van der Waals surface area (Å²) in [6.45, 7) is 2.42. The van der Waals surface area contributed by atoms with Gasteiger partial charge in [0.15, 0.2) is 11.6 Å². The van der Waals surface area contributed by atoms with E-state index >= 15 is 0 Å². The Kier molecular flexibility index (Phi) is 5.63. The van der Waals surface area contributed by atoms with Crippen LogP contribution in [0.3, 0.4) is 0 Å². The molecule has 20 heavy (non-hydrogen) atoms. The van der Waals surface area contributed by atoms with E-state index in [1.807, 2.05) is 0 Å². The molecule has 0 spiro atoms. The van der Waals surface area contributed by atoms with Crippen molar-refractivity contribution in [3.63, 3.8) is 0 Å². The molecular weight excluding hydrogens is 282 g/mol. The minimum absolute atomic E-state index is 0.210. The van der Waals surface area contributed by atoms with Gasteiger partial charge in [-0.25, -0.2) is 8.78 Å². The maximum Gasteiger partial charge on any atom is 0.163 e. The number of benzene rings is 1. The van der Waals surface area contributed by atoms with E-state index in [1.54, 1.807) is 13.1 Å². The Labute approximate surface area is 120 Å². The highest BCUT2D eigenvalue weighted by Gasteiger charge is 2.20. The van der Waals surface area contributed by atoms with E-state index in [2.05, 4.69) is 10.2 Å². The minimum atomic E-state index is -0.809. The van der Waals surface area contributed by atoms with Gasteiger partial charge in [0.1, 0.15) is 0 Å². The van der Waals surface area contributed by atoms with Crippen LogP contribution in [0.5, 0.6) is 0 Å². The van der Waals surface area contributed by atoms with Crippen LogP contribution in [0, 0.1) is 11.6 Å². The van der Waals surface area contributed by atoms with Crippen molar-refractivity contribution in [3.8, 4) is 0 Å². The number of rotatable bonds is 5. The molecule has 1 unspecified atom stereocenters. The van der Waals surface area contributed by atoms with Crippen LogP contribution >= 0.6 is 0 Å². The lowest BCUT2D eigenvalue weighted by atomic mass is 10.0. The van der Waals surface area contributed by atoms with Gasteiger partial charge in [0, 0.05) is 53.5 Å². The fraction of sp³-hybridized carbons (Fsp3) is 0.571. The maximum atomic E-state index is 13.8. The van der Waals surface area contributed by atoms with Crippen molar-refractivity contribution in [1.82, 2.24) is 10.2 Å². The van der Waals surface area contributed by atoms with Crippen molar-refractivity contribution in [1.29, 1.82) is 0 Å².